The smallest absolute Gasteiger partial charge is 0.245 e. The van der Waals surface area contributed by atoms with Gasteiger partial charge in [-0.1, -0.05) is 85.8 Å². The Morgan fingerprint density at radius 3 is 1.96 bits per heavy atom. The van der Waals surface area contributed by atoms with Gasteiger partial charge in [-0.15, -0.1) is 0 Å². The van der Waals surface area contributed by atoms with Crippen LogP contribution in [0.1, 0.15) is 74.1 Å². The van der Waals surface area contributed by atoms with Crippen molar-refractivity contribution in [3.8, 4) is 34.2 Å². The zero-order valence-electron chi connectivity index (χ0n) is 31.9. The van der Waals surface area contributed by atoms with Gasteiger partial charge in [0.05, 0.1) is 36.4 Å². The predicted octanol–water partition coefficient (Wildman–Crippen LogP) is 7.20. The molecule has 4 atom stereocenters. The van der Waals surface area contributed by atoms with Crippen molar-refractivity contribution in [3.63, 3.8) is 0 Å². The number of benzene rings is 3. The van der Waals surface area contributed by atoms with Crippen LogP contribution in [-0.2, 0) is 9.59 Å². The minimum atomic E-state index is -0.427. The molecule has 0 saturated heterocycles. The molecular weight excluding hydrogens is 679 g/mol. The number of carbonyl (C=O) groups excluding carboxylic acids is 2. The summed E-state index contributed by atoms with van der Waals surface area (Å²) in [6.45, 7) is 6.55. The van der Waals surface area contributed by atoms with Crippen LogP contribution in [0.5, 0.6) is 0 Å². The van der Waals surface area contributed by atoms with Gasteiger partial charge in [-0.3, -0.25) is 19.4 Å². The molecule has 0 radical (unpaired) electrons. The highest BCUT2D eigenvalue weighted by atomic mass is 16.4. The second kappa shape index (κ2) is 16.9. The van der Waals surface area contributed by atoms with Gasteiger partial charge in [0.2, 0.25) is 17.7 Å². The monoisotopic (exact) mass is 727 g/mol. The fourth-order valence-corrected chi connectivity index (χ4v) is 6.75. The molecule has 0 aliphatic heterocycles. The number of nitrogens with one attached hydrogen (secondary N) is 3. The van der Waals surface area contributed by atoms with Crippen LogP contribution in [0, 0.1) is 0 Å². The Hall–Kier alpha value is -5.85. The fraction of sp³-hybridized carbons (Fsp3) is 0.310. The molecule has 0 bridgehead atoms. The number of H-pyrrole nitrogens is 2. The number of aromatic amines is 2. The molecule has 3 aromatic heterocycles. The number of oxazole rings is 1. The van der Waals surface area contributed by atoms with Gasteiger partial charge in [-0.2, -0.15) is 0 Å². The average molecular weight is 728 g/mol. The molecule has 12 heteroatoms. The molecule has 2 amide bonds. The Bertz CT molecular complexity index is 2140. The van der Waals surface area contributed by atoms with E-state index < -0.39 is 12.1 Å². The number of carbonyl (C=O) groups is 2. The summed E-state index contributed by atoms with van der Waals surface area (Å²) in [7, 11) is 7.64. The molecule has 0 aliphatic carbocycles. The largest absolute Gasteiger partial charge is 0.435 e. The lowest BCUT2D eigenvalue weighted by atomic mass is 10.0. The fourth-order valence-electron chi connectivity index (χ4n) is 6.75. The molecular formula is C42H49N9O3. The lowest BCUT2D eigenvalue weighted by molar-refractivity contribution is -0.138. The van der Waals surface area contributed by atoms with E-state index in [0.29, 0.717) is 35.5 Å². The number of amides is 2. The summed E-state index contributed by atoms with van der Waals surface area (Å²) in [5, 5.41) is 3.11. The van der Waals surface area contributed by atoms with Crippen LogP contribution in [0.15, 0.2) is 108 Å². The molecule has 6 aromatic rings. The third-order valence-corrected chi connectivity index (χ3v) is 9.51. The summed E-state index contributed by atoms with van der Waals surface area (Å²) in [6, 6.07) is 26.0. The van der Waals surface area contributed by atoms with Crippen LogP contribution >= 0.6 is 0 Å². The highest BCUT2D eigenvalue weighted by molar-refractivity contribution is 5.84. The van der Waals surface area contributed by atoms with Crippen molar-refractivity contribution in [2.75, 3.05) is 34.7 Å². The summed E-state index contributed by atoms with van der Waals surface area (Å²) >= 11 is 0. The Balaban J connectivity index is 1.15. The molecule has 4 unspecified atom stereocenters. The molecule has 6 rings (SSSR count). The second-order valence-electron chi connectivity index (χ2n) is 14.0. The van der Waals surface area contributed by atoms with Gasteiger partial charge >= 0.3 is 0 Å². The maximum Gasteiger partial charge on any atom is 0.245 e. The van der Waals surface area contributed by atoms with Crippen molar-refractivity contribution < 1.29 is 14.0 Å². The number of hydrogen-bond donors (Lipinski definition) is 3. The maximum absolute atomic E-state index is 14.0. The second-order valence-corrected chi connectivity index (χ2v) is 14.0. The zero-order chi connectivity index (χ0) is 38.4. The molecule has 3 aromatic carbocycles. The van der Waals surface area contributed by atoms with E-state index in [2.05, 4.69) is 37.2 Å². The van der Waals surface area contributed by atoms with E-state index in [-0.39, 0.29) is 23.9 Å². The van der Waals surface area contributed by atoms with Crippen LogP contribution in [0.25, 0.3) is 34.2 Å². The summed E-state index contributed by atoms with van der Waals surface area (Å²) in [6.07, 6.45) is 5.96. The quantitative estimate of drug-likeness (QED) is 0.101. The van der Waals surface area contributed by atoms with Crippen LogP contribution in [-0.4, -0.2) is 86.2 Å². The van der Waals surface area contributed by atoms with E-state index in [4.69, 9.17) is 4.42 Å². The van der Waals surface area contributed by atoms with Gasteiger partial charge in [0.25, 0.3) is 0 Å². The summed E-state index contributed by atoms with van der Waals surface area (Å²) in [5.74, 6) is 2.19. The Kier molecular flexibility index (Phi) is 11.8. The van der Waals surface area contributed by atoms with Gasteiger partial charge < -0.3 is 24.6 Å². The van der Waals surface area contributed by atoms with E-state index in [9.17, 15) is 9.59 Å². The van der Waals surface area contributed by atoms with Crippen molar-refractivity contribution in [1.82, 2.24) is 44.9 Å². The minimum Gasteiger partial charge on any atom is -0.435 e. The van der Waals surface area contributed by atoms with E-state index in [1.54, 1.807) is 18.6 Å². The molecule has 3 N–H and O–H groups in total. The first-order valence-corrected chi connectivity index (χ1v) is 18.3. The standard InChI is InChI=1S/C42H49N9O3/c1-8-22-51(42(53)37(50(6)7)30-18-13-10-14-19-30)28(3)39-44-25-34(48-39)41-45-26-35(54-41)32-21-15-20-31(23-32)33-24-43-38(47-33)27(2)46-40(52)36(49(4)5)29-16-11-9-12-17-29/h9-21,23-28,36-37H,8,22H2,1-7H3,(H,43,47)(H,44,48)(H,46,52). The van der Waals surface area contributed by atoms with Crippen LogP contribution in [0.2, 0.25) is 0 Å². The third kappa shape index (κ3) is 8.35. The van der Waals surface area contributed by atoms with Gasteiger partial charge in [0.15, 0.2) is 5.76 Å². The minimum absolute atomic E-state index is 0.0152. The topological polar surface area (TPSA) is 139 Å². The Morgan fingerprint density at radius 2 is 1.31 bits per heavy atom. The maximum atomic E-state index is 14.0. The number of likely N-dealkylation sites (N-methyl/N-ethyl adjacent to an activating group) is 2. The van der Waals surface area contributed by atoms with Crippen molar-refractivity contribution in [1.29, 1.82) is 0 Å². The first-order valence-electron chi connectivity index (χ1n) is 18.3. The molecule has 0 spiro atoms. The number of hydrogen-bond acceptors (Lipinski definition) is 8. The van der Waals surface area contributed by atoms with E-state index in [0.717, 1.165) is 34.4 Å². The molecule has 3 heterocycles. The lowest BCUT2D eigenvalue weighted by Crippen LogP contribution is -2.42. The first kappa shape index (κ1) is 37.9. The Morgan fingerprint density at radius 1 is 0.722 bits per heavy atom. The number of imidazole rings is 2. The molecule has 12 nitrogen and oxygen atoms in total. The summed E-state index contributed by atoms with van der Waals surface area (Å²) in [4.78, 5) is 53.6. The lowest BCUT2D eigenvalue weighted by Gasteiger charge is -2.34. The van der Waals surface area contributed by atoms with Gasteiger partial charge in [-0.05, 0) is 65.7 Å². The Labute approximate surface area is 316 Å². The third-order valence-electron chi connectivity index (χ3n) is 9.51. The highest BCUT2D eigenvalue weighted by Crippen LogP contribution is 2.31. The van der Waals surface area contributed by atoms with Crippen LogP contribution < -0.4 is 5.32 Å². The van der Waals surface area contributed by atoms with Crippen LogP contribution in [0.3, 0.4) is 0 Å². The molecule has 280 valence electrons. The normalized spacial score (nSPS) is 13.8. The van der Waals surface area contributed by atoms with Gasteiger partial charge in [0, 0.05) is 17.7 Å². The van der Waals surface area contributed by atoms with Gasteiger partial charge in [-0.25, -0.2) is 15.0 Å². The van der Waals surface area contributed by atoms with E-state index >= 15 is 0 Å². The SMILES string of the molecule is CCCN(C(=O)C(c1ccccc1)N(C)C)C(C)c1ncc(-c2ncc(-c3cccc(-c4cnc(C(C)NC(=O)C(c5ccccc5)N(C)C)[nH]4)c3)o2)[nH]1. The molecule has 54 heavy (non-hydrogen) atoms. The number of rotatable bonds is 15. The summed E-state index contributed by atoms with van der Waals surface area (Å²) < 4.78 is 6.24. The number of aromatic nitrogens is 5. The number of nitrogens with zero attached hydrogens (tertiary/aromatic N) is 6. The molecule has 0 aliphatic rings. The van der Waals surface area contributed by atoms with E-state index in [1.807, 2.05) is 142 Å². The molecule has 0 fully saturated rings. The van der Waals surface area contributed by atoms with Crippen LogP contribution in [0.4, 0.5) is 0 Å². The first-order chi connectivity index (χ1) is 26.0. The predicted molar refractivity (Wildman–Crippen MR) is 210 cm³/mol. The van der Waals surface area contributed by atoms with Gasteiger partial charge in [0.1, 0.15) is 29.4 Å². The van der Waals surface area contributed by atoms with Crippen molar-refractivity contribution in [2.24, 2.45) is 0 Å². The zero-order valence-corrected chi connectivity index (χ0v) is 31.9. The van der Waals surface area contributed by atoms with Crippen molar-refractivity contribution in [2.45, 2.75) is 51.4 Å². The summed E-state index contributed by atoms with van der Waals surface area (Å²) in [5.41, 5.74) is 5.04. The highest BCUT2D eigenvalue weighted by Gasteiger charge is 2.32. The van der Waals surface area contributed by atoms with E-state index in [1.165, 1.54) is 0 Å². The molecule has 0 saturated carbocycles. The van der Waals surface area contributed by atoms with Crippen molar-refractivity contribution in [3.05, 3.63) is 126 Å². The van der Waals surface area contributed by atoms with Crippen molar-refractivity contribution >= 4 is 11.8 Å². The average Bonchev–Trinajstić information content (AvgIpc) is 3.96.